The number of nitrogens with zero attached hydrogens (tertiary/aromatic N) is 1. The summed E-state index contributed by atoms with van der Waals surface area (Å²) in [6, 6.07) is 20.2. The van der Waals surface area contributed by atoms with Gasteiger partial charge in [-0.1, -0.05) is 66.7 Å². The Hall–Kier alpha value is -3.40. The van der Waals surface area contributed by atoms with Crippen LogP contribution in [0.3, 0.4) is 0 Å². The van der Waals surface area contributed by atoms with Gasteiger partial charge in [-0.05, 0) is 42.5 Å². The number of nitrogens with one attached hydrogen (secondary N) is 1. The lowest BCUT2D eigenvalue weighted by atomic mass is 9.76. The molecule has 1 heterocycles. The smallest absolute Gasteiger partial charge is 0.235 e. The molecule has 0 fully saturated rings. The summed E-state index contributed by atoms with van der Waals surface area (Å²) in [5.41, 5.74) is 4.71. The Balaban J connectivity index is 1.63. The molecule has 146 valence electrons. The summed E-state index contributed by atoms with van der Waals surface area (Å²) < 4.78 is 5.42. The molecule has 29 heavy (non-hydrogen) atoms. The Morgan fingerprint density at radius 2 is 1.79 bits per heavy atom. The largest absolute Gasteiger partial charge is 0.473 e. The van der Waals surface area contributed by atoms with E-state index in [1.807, 2.05) is 18.2 Å². The number of hydrogen-bond acceptors (Lipinski definition) is 3. The zero-order valence-corrected chi connectivity index (χ0v) is 16.5. The highest BCUT2D eigenvalue weighted by Crippen LogP contribution is 2.41. The molecule has 1 N–H and O–H groups in total. The van der Waals surface area contributed by atoms with E-state index in [-0.39, 0.29) is 5.91 Å². The summed E-state index contributed by atoms with van der Waals surface area (Å²) in [6.07, 6.45) is 4.67. The van der Waals surface area contributed by atoms with E-state index in [0.29, 0.717) is 31.0 Å². The third kappa shape index (κ3) is 3.79. The minimum Gasteiger partial charge on any atom is -0.473 e. The molecule has 0 aliphatic heterocycles. The zero-order valence-electron chi connectivity index (χ0n) is 16.5. The molecule has 3 aromatic rings. The molecular formula is C25H24N2O2. The van der Waals surface area contributed by atoms with Crippen LogP contribution in [0.5, 0.6) is 5.88 Å². The average molecular weight is 384 g/mol. The fourth-order valence-electron chi connectivity index (χ4n) is 3.92. The van der Waals surface area contributed by atoms with E-state index in [2.05, 4.69) is 60.2 Å². The van der Waals surface area contributed by atoms with Crippen molar-refractivity contribution in [3.8, 4) is 5.88 Å². The first kappa shape index (κ1) is 18.9. The lowest BCUT2D eigenvalue weighted by Crippen LogP contribution is -2.41. The molecule has 1 aliphatic rings. The Kier molecular flexibility index (Phi) is 5.17. The van der Waals surface area contributed by atoms with Crippen molar-refractivity contribution in [2.45, 2.75) is 25.2 Å². The van der Waals surface area contributed by atoms with Gasteiger partial charge < -0.3 is 10.1 Å². The first-order valence-electron chi connectivity index (χ1n) is 9.76. The number of fused-ring (bicyclic) bond motifs is 1. The van der Waals surface area contributed by atoms with E-state index in [4.69, 9.17) is 4.74 Å². The number of hydrogen-bond donors (Lipinski definition) is 1. The van der Waals surface area contributed by atoms with Gasteiger partial charge in [0.1, 0.15) is 6.61 Å². The van der Waals surface area contributed by atoms with Crippen LogP contribution in [-0.2, 0) is 23.1 Å². The van der Waals surface area contributed by atoms with Crippen LogP contribution in [0, 0.1) is 6.92 Å². The van der Waals surface area contributed by atoms with E-state index < -0.39 is 5.41 Å². The van der Waals surface area contributed by atoms with E-state index in [1.165, 1.54) is 16.7 Å². The molecular weight excluding hydrogens is 360 g/mol. The lowest BCUT2D eigenvalue weighted by Gasteiger charge is -2.28. The predicted octanol–water partition coefficient (Wildman–Crippen LogP) is 4.63. The number of amides is 1. The summed E-state index contributed by atoms with van der Waals surface area (Å²) in [7, 11) is 0. The molecule has 4 heteroatoms. The van der Waals surface area contributed by atoms with Gasteiger partial charge in [-0.15, -0.1) is 0 Å². The molecule has 0 unspecified atom stereocenters. The maximum atomic E-state index is 13.6. The normalized spacial score (nSPS) is 14.1. The van der Waals surface area contributed by atoms with Gasteiger partial charge in [0.25, 0.3) is 0 Å². The number of aryl methyl sites for hydroxylation is 1. The van der Waals surface area contributed by atoms with Crippen molar-refractivity contribution >= 4 is 11.6 Å². The molecule has 0 saturated heterocycles. The van der Waals surface area contributed by atoms with Crippen LogP contribution >= 0.6 is 0 Å². The predicted molar refractivity (Wildman–Crippen MR) is 115 cm³/mol. The van der Waals surface area contributed by atoms with Gasteiger partial charge in [-0.25, -0.2) is 4.98 Å². The fourth-order valence-corrected chi connectivity index (χ4v) is 3.92. The molecule has 1 amide bonds. The number of rotatable bonds is 6. The highest BCUT2D eigenvalue weighted by atomic mass is 16.5. The minimum atomic E-state index is -0.630. The maximum Gasteiger partial charge on any atom is 0.235 e. The van der Waals surface area contributed by atoms with Crippen molar-refractivity contribution < 1.29 is 9.53 Å². The fraction of sp³-hybridized carbons (Fsp3) is 0.200. The van der Waals surface area contributed by atoms with Crippen LogP contribution in [0.1, 0.15) is 22.3 Å². The van der Waals surface area contributed by atoms with E-state index in [1.54, 1.807) is 18.3 Å². The number of aromatic nitrogens is 1. The minimum absolute atomic E-state index is 0.0147. The van der Waals surface area contributed by atoms with Crippen LogP contribution in [0.4, 0.5) is 5.69 Å². The lowest BCUT2D eigenvalue weighted by molar-refractivity contribution is -0.121. The average Bonchev–Trinajstić information content (AvgIpc) is 3.14. The Morgan fingerprint density at radius 3 is 2.38 bits per heavy atom. The summed E-state index contributed by atoms with van der Waals surface area (Å²) in [6.45, 7) is 6.08. The third-order valence-corrected chi connectivity index (χ3v) is 5.48. The standard InChI is InChI=1S/C25H24N2O2/c1-3-14-29-23-13-12-22(17-26-23)27-24(28)25(21-10-8-18(2)9-11-21)15-19-6-4-5-7-20(19)16-25/h3-13,17H,1,14-16H2,2H3,(H,27,28). The van der Waals surface area contributed by atoms with Crippen molar-refractivity contribution in [2.24, 2.45) is 0 Å². The molecule has 1 aromatic heterocycles. The molecule has 0 atom stereocenters. The van der Waals surface area contributed by atoms with Crippen molar-refractivity contribution in [1.82, 2.24) is 4.98 Å². The Labute approximate surface area is 171 Å². The third-order valence-electron chi connectivity index (χ3n) is 5.48. The highest BCUT2D eigenvalue weighted by molar-refractivity contribution is 6.00. The second kappa shape index (κ2) is 7.92. The number of carbonyl (C=O) groups is 1. The number of ether oxygens (including phenoxy) is 1. The van der Waals surface area contributed by atoms with Crippen molar-refractivity contribution in [1.29, 1.82) is 0 Å². The van der Waals surface area contributed by atoms with Crippen LogP contribution in [-0.4, -0.2) is 17.5 Å². The highest BCUT2D eigenvalue weighted by Gasteiger charge is 2.45. The van der Waals surface area contributed by atoms with E-state index >= 15 is 0 Å². The van der Waals surface area contributed by atoms with Gasteiger partial charge in [0.05, 0.1) is 17.3 Å². The maximum absolute atomic E-state index is 13.6. The first-order valence-corrected chi connectivity index (χ1v) is 9.76. The molecule has 4 nitrogen and oxygen atoms in total. The first-order chi connectivity index (χ1) is 14.1. The molecule has 0 saturated carbocycles. The number of pyridine rings is 1. The van der Waals surface area contributed by atoms with Crippen LogP contribution in [0.25, 0.3) is 0 Å². The Morgan fingerprint density at radius 1 is 1.10 bits per heavy atom. The summed E-state index contributed by atoms with van der Waals surface area (Å²) in [5, 5.41) is 3.08. The van der Waals surface area contributed by atoms with E-state index in [9.17, 15) is 4.79 Å². The van der Waals surface area contributed by atoms with E-state index in [0.717, 1.165) is 5.56 Å². The number of benzene rings is 2. The van der Waals surface area contributed by atoms with Gasteiger partial charge in [-0.3, -0.25) is 4.79 Å². The van der Waals surface area contributed by atoms with Gasteiger partial charge in [0.15, 0.2) is 0 Å². The van der Waals surface area contributed by atoms with Crippen molar-refractivity contribution in [3.05, 3.63) is 102 Å². The topological polar surface area (TPSA) is 51.2 Å². The summed E-state index contributed by atoms with van der Waals surface area (Å²) in [4.78, 5) is 17.8. The summed E-state index contributed by atoms with van der Waals surface area (Å²) in [5.74, 6) is 0.489. The second-order valence-corrected chi connectivity index (χ2v) is 7.51. The quantitative estimate of drug-likeness (QED) is 0.631. The Bertz CT molecular complexity index is 998. The van der Waals surface area contributed by atoms with Crippen molar-refractivity contribution in [2.75, 3.05) is 11.9 Å². The zero-order chi connectivity index (χ0) is 20.3. The second-order valence-electron chi connectivity index (χ2n) is 7.51. The summed E-state index contributed by atoms with van der Waals surface area (Å²) >= 11 is 0. The van der Waals surface area contributed by atoms with Crippen LogP contribution in [0.15, 0.2) is 79.5 Å². The molecule has 0 bridgehead atoms. The monoisotopic (exact) mass is 384 g/mol. The van der Waals surface area contributed by atoms with Crippen LogP contribution in [0.2, 0.25) is 0 Å². The SMILES string of the molecule is C=CCOc1ccc(NC(=O)C2(c3ccc(C)cc3)Cc3ccccc3C2)cn1. The number of anilines is 1. The molecule has 1 aliphatic carbocycles. The molecule has 0 radical (unpaired) electrons. The number of carbonyl (C=O) groups excluding carboxylic acids is 1. The molecule has 4 rings (SSSR count). The van der Waals surface area contributed by atoms with Crippen LogP contribution < -0.4 is 10.1 Å². The van der Waals surface area contributed by atoms with Crippen molar-refractivity contribution in [3.63, 3.8) is 0 Å². The van der Waals surface area contributed by atoms with Gasteiger partial charge in [0, 0.05) is 6.07 Å². The molecule has 2 aromatic carbocycles. The molecule has 0 spiro atoms. The van der Waals surface area contributed by atoms with Gasteiger partial charge >= 0.3 is 0 Å². The van der Waals surface area contributed by atoms with Gasteiger partial charge in [0.2, 0.25) is 11.8 Å². The van der Waals surface area contributed by atoms with Gasteiger partial charge in [-0.2, -0.15) is 0 Å².